The molecule has 7 heteroatoms. The molecule has 0 saturated heterocycles. The molecule has 1 rings (SSSR count). The zero-order chi connectivity index (χ0) is 15.1. The van der Waals surface area contributed by atoms with Gasteiger partial charge in [0.2, 0.25) is 5.91 Å². The lowest BCUT2D eigenvalue weighted by Gasteiger charge is -2.17. The Hall–Kier alpha value is -2.75. The second-order valence-corrected chi connectivity index (χ2v) is 3.97. The minimum Gasteiger partial charge on any atom is -0.495 e. The number of carbonyl (C=O) groups is 2. The van der Waals surface area contributed by atoms with Crippen molar-refractivity contribution in [3.63, 3.8) is 0 Å². The van der Waals surface area contributed by atoms with Crippen LogP contribution < -0.4 is 15.4 Å². The molecular formula is C13H15N3O4. The fraction of sp³-hybridized carbons (Fsp3) is 0.308. The maximum atomic E-state index is 11.0. The van der Waals surface area contributed by atoms with E-state index >= 15 is 0 Å². The van der Waals surface area contributed by atoms with Crippen LogP contribution in [0.4, 0.5) is 5.69 Å². The van der Waals surface area contributed by atoms with Gasteiger partial charge >= 0.3 is 5.97 Å². The number of nitrogens with zero attached hydrogens (tertiary/aromatic N) is 1. The number of rotatable bonds is 6. The predicted octanol–water partition coefficient (Wildman–Crippen LogP) is 0.568. The van der Waals surface area contributed by atoms with Gasteiger partial charge in [0.1, 0.15) is 17.9 Å². The number of ether oxygens (including phenoxy) is 1. The van der Waals surface area contributed by atoms with Crippen molar-refractivity contribution in [3.05, 3.63) is 23.8 Å². The van der Waals surface area contributed by atoms with Gasteiger partial charge in [0.15, 0.2) is 0 Å². The zero-order valence-corrected chi connectivity index (χ0v) is 11.1. The van der Waals surface area contributed by atoms with Gasteiger partial charge in [-0.3, -0.25) is 4.79 Å². The average Bonchev–Trinajstić information content (AvgIpc) is 2.42. The number of anilines is 1. The summed E-state index contributed by atoms with van der Waals surface area (Å²) in [4.78, 5) is 22.0. The monoisotopic (exact) mass is 277 g/mol. The van der Waals surface area contributed by atoms with Gasteiger partial charge in [0.25, 0.3) is 0 Å². The molecule has 3 N–H and O–H groups in total. The van der Waals surface area contributed by atoms with Crippen LogP contribution in [0, 0.1) is 11.3 Å². The summed E-state index contributed by atoms with van der Waals surface area (Å²) < 4.78 is 5.11. The van der Waals surface area contributed by atoms with Gasteiger partial charge < -0.3 is 20.5 Å². The van der Waals surface area contributed by atoms with E-state index in [1.165, 1.54) is 14.0 Å². The Kier molecular flexibility index (Phi) is 5.35. The molecule has 0 spiro atoms. The zero-order valence-electron chi connectivity index (χ0n) is 11.1. The van der Waals surface area contributed by atoms with Gasteiger partial charge in [-0.05, 0) is 12.1 Å². The van der Waals surface area contributed by atoms with Crippen molar-refractivity contribution in [1.82, 2.24) is 5.32 Å². The van der Waals surface area contributed by atoms with Crippen LogP contribution in [0.25, 0.3) is 0 Å². The standard InChI is InChI=1S/C13H15N3O4/c1-8(17)16-10(13(18)19)7-15-12-9(6-14)4-3-5-11(12)20-2/h3-5,10,15H,7H2,1-2H3,(H,16,17)(H,18,19). The van der Waals surface area contributed by atoms with Gasteiger partial charge in [-0.25, -0.2) is 4.79 Å². The third-order valence-corrected chi connectivity index (χ3v) is 2.53. The maximum absolute atomic E-state index is 11.0. The van der Waals surface area contributed by atoms with Crippen LogP contribution in [0.5, 0.6) is 5.75 Å². The van der Waals surface area contributed by atoms with Crippen molar-refractivity contribution in [2.75, 3.05) is 19.0 Å². The van der Waals surface area contributed by atoms with E-state index in [-0.39, 0.29) is 6.54 Å². The van der Waals surface area contributed by atoms with Crippen LogP contribution >= 0.6 is 0 Å². The molecule has 0 aromatic heterocycles. The maximum Gasteiger partial charge on any atom is 0.328 e. The fourth-order valence-electron chi connectivity index (χ4n) is 1.63. The fourth-order valence-corrected chi connectivity index (χ4v) is 1.63. The summed E-state index contributed by atoms with van der Waals surface area (Å²) >= 11 is 0. The largest absolute Gasteiger partial charge is 0.495 e. The van der Waals surface area contributed by atoms with E-state index in [0.717, 1.165) is 0 Å². The smallest absolute Gasteiger partial charge is 0.328 e. The number of carbonyl (C=O) groups excluding carboxylic acids is 1. The van der Waals surface area contributed by atoms with Crippen LogP contribution in [-0.2, 0) is 9.59 Å². The minimum absolute atomic E-state index is 0.0655. The van der Waals surface area contributed by atoms with E-state index in [4.69, 9.17) is 15.1 Å². The molecule has 1 amide bonds. The van der Waals surface area contributed by atoms with Crippen molar-refractivity contribution >= 4 is 17.6 Å². The van der Waals surface area contributed by atoms with Gasteiger partial charge in [0.05, 0.1) is 18.4 Å². The van der Waals surface area contributed by atoms with Crippen LogP contribution in [0.15, 0.2) is 18.2 Å². The molecule has 1 aromatic rings. The molecule has 1 atom stereocenters. The van der Waals surface area contributed by atoms with Crippen LogP contribution in [0.2, 0.25) is 0 Å². The normalized spacial score (nSPS) is 11.1. The predicted molar refractivity (Wildman–Crippen MR) is 71.4 cm³/mol. The number of hydrogen-bond acceptors (Lipinski definition) is 5. The van der Waals surface area contributed by atoms with Gasteiger partial charge in [0, 0.05) is 13.5 Å². The summed E-state index contributed by atoms with van der Waals surface area (Å²) in [5.74, 6) is -1.18. The van der Waals surface area contributed by atoms with Crippen LogP contribution in [0.3, 0.4) is 0 Å². The van der Waals surface area contributed by atoms with E-state index < -0.39 is 17.9 Å². The second kappa shape index (κ2) is 6.99. The van der Waals surface area contributed by atoms with E-state index in [1.54, 1.807) is 18.2 Å². The Labute approximate surface area is 116 Å². The summed E-state index contributed by atoms with van der Waals surface area (Å²) in [5, 5.41) is 23.2. The van der Waals surface area contributed by atoms with Crippen molar-refractivity contribution in [3.8, 4) is 11.8 Å². The highest BCUT2D eigenvalue weighted by Crippen LogP contribution is 2.27. The van der Waals surface area contributed by atoms with Crippen LogP contribution in [-0.4, -0.2) is 36.7 Å². The first-order chi connectivity index (χ1) is 9.49. The first kappa shape index (κ1) is 15.3. The van der Waals surface area contributed by atoms with E-state index in [9.17, 15) is 9.59 Å². The average molecular weight is 277 g/mol. The third kappa shape index (κ3) is 3.88. The molecule has 0 aliphatic carbocycles. The van der Waals surface area contributed by atoms with Gasteiger partial charge in [-0.2, -0.15) is 5.26 Å². The van der Waals surface area contributed by atoms with Gasteiger partial charge in [-0.15, -0.1) is 0 Å². The third-order valence-electron chi connectivity index (χ3n) is 2.53. The summed E-state index contributed by atoms with van der Waals surface area (Å²) in [5.41, 5.74) is 0.727. The van der Waals surface area contributed by atoms with Crippen molar-refractivity contribution in [1.29, 1.82) is 5.26 Å². The molecule has 20 heavy (non-hydrogen) atoms. The Morgan fingerprint density at radius 3 is 2.70 bits per heavy atom. The SMILES string of the molecule is COc1cccc(C#N)c1NCC(NC(C)=O)C(=O)O. The quantitative estimate of drug-likeness (QED) is 0.701. The topological polar surface area (TPSA) is 111 Å². The van der Waals surface area contributed by atoms with Crippen molar-refractivity contribution < 1.29 is 19.4 Å². The molecular weight excluding hydrogens is 262 g/mol. The molecule has 0 radical (unpaired) electrons. The Morgan fingerprint density at radius 2 is 2.20 bits per heavy atom. The number of aliphatic carboxylic acids is 1. The summed E-state index contributed by atoms with van der Waals surface area (Å²) in [6.45, 7) is 1.17. The minimum atomic E-state index is -1.17. The number of hydrogen-bond donors (Lipinski definition) is 3. The van der Waals surface area contributed by atoms with Crippen molar-refractivity contribution in [2.24, 2.45) is 0 Å². The Morgan fingerprint density at radius 1 is 1.50 bits per heavy atom. The highest BCUT2D eigenvalue weighted by Gasteiger charge is 2.19. The summed E-state index contributed by atoms with van der Waals surface area (Å²) in [6, 6.07) is 5.78. The summed E-state index contributed by atoms with van der Waals surface area (Å²) in [6.07, 6.45) is 0. The molecule has 7 nitrogen and oxygen atoms in total. The molecule has 1 unspecified atom stereocenters. The molecule has 0 fully saturated rings. The highest BCUT2D eigenvalue weighted by molar-refractivity contribution is 5.82. The lowest BCUT2D eigenvalue weighted by Crippen LogP contribution is -2.44. The lowest BCUT2D eigenvalue weighted by molar-refractivity contribution is -0.141. The first-order valence-corrected chi connectivity index (χ1v) is 5.80. The molecule has 0 heterocycles. The van der Waals surface area contributed by atoms with Crippen molar-refractivity contribution in [2.45, 2.75) is 13.0 Å². The van der Waals surface area contributed by atoms with Gasteiger partial charge in [-0.1, -0.05) is 6.07 Å². The molecule has 0 bridgehead atoms. The second-order valence-electron chi connectivity index (χ2n) is 3.97. The number of amides is 1. The Bertz CT molecular complexity index is 551. The number of nitriles is 1. The van der Waals surface area contributed by atoms with E-state index in [1.807, 2.05) is 6.07 Å². The summed E-state index contributed by atoms with van der Waals surface area (Å²) in [7, 11) is 1.45. The number of carboxylic acids is 1. The molecule has 1 aromatic carbocycles. The molecule has 0 aliphatic heterocycles. The lowest BCUT2D eigenvalue weighted by atomic mass is 10.1. The molecule has 0 aliphatic rings. The molecule has 0 saturated carbocycles. The number of carboxylic acid groups (broad SMARTS) is 1. The number of para-hydroxylation sites is 1. The first-order valence-electron chi connectivity index (χ1n) is 5.80. The number of nitrogens with one attached hydrogen (secondary N) is 2. The van der Waals surface area contributed by atoms with E-state index in [2.05, 4.69) is 10.6 Å². The molecule has 106 valence electrons. The van der Waals surface area contributed by atoms with Crippen LogP contribution in [0.1, 0.15) is 12.5 Å². The van der Waals surface area contributed by atoms with E-state index in [0.29, 0.717) is 17.0 Å². The highest BCUT2D eigenvalue weighted by atomic mass is 16.5. The number of benzene rings is 1. The Balaban J connectivity index is 2.90. The number of methoxy groups -OCH3 is 1.